The molecule has 0 atom stereocenters. The van der Waals surface area contributed by atoms with Crippen LogP contribution in [0.15, 0.2) is 4.79 Å². The van der Waals surface area contributed by atoms with Crippen molar-refractivity contribution in [1.29, 1.82) is 0 Å². The molecular weight excluding hydrogens is 156 g/mol. The van der Waals surface area contributed by atoms with Gasteiger partial charge in [-0.15, -0.1) is 0 Å². The Morgan fingerprint density at radius 3 is 2.92 bits per heavy atom. The van der Waals surface area contributed by atoms with Crippen LogP contribution >= 0.6 is 0 Å². The van der Waals surface area contributed by atoms with Crippen LogP contribution in [0.25, 0.3) is 0 Å². The van der Waals surface area contributed by atoms with Gasteiger partial charge in [0.05, 0.1) is 6.54 Å². The highest BCUT2D eigenvalue weighted by Gasteiger charge is 2.23. The molecule has 0 bridgehead atoms. The Labute approximate surface area is 69.6 Å². The van der Waals surface area contributed by atoms with Crippen LogP contribution in [0, 0.1) is 0 Å². The second-order valence-electron chi connectivity index (χ2n) is 3.10. The number of H-pyrrole nitrogens is 1. The highest BCUT2D eigenvalue weighted by Crippen LogP contribution is 2.30. The van der Waals surface area contributed by atoms with Gasteiger partial charge >= 0.3 is 5.69 Å². The molecule has 0 aromatic carbocycles. The molecule has 5 heteroatoms. The molecular formula is C7H12N4O. The maximum atomic E-state index is 11.2. The van der Waals surface area contributed by atoms with Gasteiger partial charge in [-0.1, -0.05) is 0 Å². The first-order valence-electron chi connectivity index (χ1n) is 4.19. The van der Waals surface area contributed by atoms with Crippen LogP contribution in [-0.4, -0.2) is 14.8 Å². The number of aromatic amines is 1. The number of nitrogens with two attached hydrogens (primary N) is 1. The Hall–Kier alpha value is -1.10. The van der Waals surface area contributed by atoms with E-state index in [2.05, 4.69) is 10.2 Å². The summed E-state index contributed by atoms with van der Waals surface area (Å²) in [5, 5.41) is 6.25. The van der Waals surface area contributed by atoms with Crippen LogP contribution < -0.4 is 11.4 Å². The van der Waals surface area contributed by atoms with Gasteiger partial charge in [0.1, 0.15) is 5.82 Å². The Balaban J connectivity index is 2.38. The molecule has 1 aromatic rings. The van der Waals surface area contributed by atoms with Crippen molar-refractivity contribution in [2.24, 2.45) is 5.73 Å². The van der Waals surface area contributed by atoms with Crippen molar-refractivity contribution in [2.45, 2.75) is 31.8 Å². The Morgan fingerprint density at radius 2 is 2.42 bits per heavy atom. The second-order valence-corrected chi connectivity index (χ2v) is 3.10. The molecule has 0 unspecified atom stereocenters. The first kappa shape index (κ1) is 7.54. The van der Waals surface area contributed by atoms with Crippen molar-refractivity contribution in [3.63, 3.8) is 0 Å². The van der Waals surface area contributed by atoms with E-state index in [4.69, 9.17) is 5.73 Å². The summed E-state index contributed by atoms with van der Waals surface area (Å²) in [6.07, 6.45) is 3.35. The molecule has 0 aliphatic heterocycles. The third-order valence-corrected chi connectivity index (χ3v) is 2.40. The fourth-order valence-corrected chi connectivity index (χ4v) is 1.50. The zero-order valence-electron chi connectivity index (χ0n) is 6.79. The van der Waals surface area contributed by atoms with Crippen LogP contribution in [0.3, 0.4) is 0 Å². The van der Waals surface area contributed by atoms with Crippen LogP contribution in [0.5, 0.6) is 0 Å². The lowest BCUT2D eigenvalue weighted by Gasteiger charge is -2.26. The minimum Gasteiger partial charge on any atom is -0.324 e. The molecule has 1 aliphatic carbocycles. The largest absolute Gasteiger partial charge is 0.343 e. The van der Waals surface area contributed by atoms with E-state index in [1.807, 2.05) is 0 Å². The number of nitrogens with zero attached hydrogens (tertiary/aromatic N) is 2. The maximum absolute atomic E-state index is 11.2. The Kier molecular flexibility index (Phi) is 1.73. The molecule has 5 nitrogen and oxygen atoms in total. The maximum Gasteiger partial charge on any atom is 0.343 e. The molecule has 12 heavy (non-hydrogen) atoms. The van der Waals surface area contributed by atoms with Crippen LogP contribution in [0.4, 0.5) is 0 Å². The summed E-state index contributed by atoms with van der Waals surface area (Å²) in [5.74, 6) is 0.671. The fraction of sp³-hybridized carbons (Fsp3) is 0.714. The van der Waals surface area contributed by atoms with E-state index in [0.29, 0.717) is 18.4 Å². The van der Waals surface area contributed by atoms with Crippen LogP contribution in [-0.2, 0) is 6.54 Å². The molecule has 2 rings (SSSR count). The van der Waals surface area contributed by atoms with Crippen molar-refractivity contribution < 1.29 is 0 Å². The molecule has 1 aliphatic rings. The average molecular weight is 168 g/mol. The molecule has 1 aromatic heterocycles. The lowest BCUT2D eigenvalue weighted by molar-refractivity contribution is 0.299. The topological polar surface area (TPSA) is 76.7 Å². The number of hydrogen-bond acceptors (Lipinski definition) is 3. The third-order valence-electron chi connectivity index (χ3n) is 2.40. The highest BCUT2D eigenvalue weighted by molar-refractivity contribution is 4.91. The summed E-state index contributed by atoms with van der Waals surface area (Å²) in [7, 11) is 0. The van der Waals surface area contributed by atoms with Gasteiger partial charge in [-0.05, 0) is 19.3 Å². The quantitative estimate of drug-likeness (QED) is 0.639. The molecule has 0 spiro atoms. The standard InChI is InChI=1S/C7H12N4O/c8-4-6-9-10-7(12)11(6)5-2-1-3-5/h5H,1-4,8H2,(H,10,12). The van der Waals surface area contributed by atoms with Gasteiger partial charge in [-0.2, -0.15) is 5.10 Å². The van der Waals surface area contributed by atoms with E-state index in [-0.39, 0.29) is 5.69 Å². The summed E-state index contributed by atoms with van der Waals surface area (Å²) in [6.45, 7) is 0.329. The van der Waals surface area contributed by atoms with E-state index in [0.717, 1.165) is 12.8 Å². The molecule has 1 fully saturated rings. The van der Waals surface area contributed by atoms with E-state index in [1.165, 1.54) is 6.42 Å². The summed E-state index contributed by atoms with van der Waals surface area (Å²) in [6, 6.07) is 0.342. The van der Waals surface area contributed by atoms with Crippen molar-refractivity contribution in [3.05, 3.63) is 16.3 Å². The number of nitrogens with one attached hydrogen (secondary N) is 1. The number of hydrogen-bond donors (Lipinski definition) is 2. The lowest BCUT2D eigenvalue weighted by Crippen LogP contribution is -2.29. The molecule has 0 saturated heterocycles. The lowest BCUT2D eigenvalue weighted by atomic mass is 9.93. The van der Waals surface area contributed by atoms with E-state index in [9.17, 15) is 4.79 Å². The van der Waals surface area contributed by atoms with Gasteiger partial charge in [-0.25, -0.2) is 9.89 Å². The monoisotopic (exact) mass is 168 g/mol. The predicted octanol–water partition coefficient (Wildman–Crippen LogP) is -0.245. The zero-order chi connectivity index (χ0) is 8.55. The molecule has 1 heterocycles. The van der Waals surface area contributed by atoms with Crippen molar-refractivity contribution in [2.75, 3.05) is 0 Å². The van der Waals surface area contributed by atoms with E-state index >= 15 is 0 Å². The zero-order valence-corrected chi connectivity index (χ0v) is 6.79. The third kappa shape index (κ3) is 0.972. The van der Waals surface area contributed by atoms with E-state index in [1.54, 1.807) is 4.57 Å². The fourth-order valence-electron chi connectivity index (χ4n) is 1.50. The highest BCUT2D eigenvalue weighted by atomic mass is 16.1. The summed E-state index contributed by atoms with van der Waals surface area (Å²) in [5.41, 5.74) is 5.31. The Morgan fingerprint density at radius 1 is 1.67 bits per heavy atom. The first-order valence-corrected chi connectivity index (χ1v) is 4.19. The van der Waals surface area contributed by atoms with Crippen LogP contribution in [0.1, 0.15) is 31.1 Å². The Bertz CT molecular complexity index is 322. The van der Waals surface area contributed by atoms with Crippen molar-refractivity contribution >= 4 is 0 Å². The molecule has 1 saturated carbocycles. The van der Waals surface area contributed by atoms with Crippen LogP contribution in [0.2, 0.25) is 0 Å². The smallest absolute Gasteiger partial charge is 0.324 e. The van der Waals surface area contributed by atoms with Gasteiger partial charge in [0.15, 0.2) is 0 Å². The minimum absolute atomic E-state index is 0.125. The number of aromatic nitrogens is 3. The van der Waals surface area contributed by atoms with E-state index < -0.39 is 0 Å². The molecule has 66 valence electrons. The minimum atomic E-state index is -0.125. The van der Waals surface area contributed by atoms with Crippen molar-refractivity contribution in [1.82, 2.24) is 14.8 Å². The van der Waals surface area contributed by atoms with Gasteiger partial charge in [0.25, 0.3) is 0 Å². The average Bonchev–Trinajstić information content (AvgIpc) is 2.30. The number of rotatable bonds is 2. The molecule has 0 amide bonds. The predicted molar refractivity (Wildman–Crippen MR) is 43.6 cm³/mol. The van der Waals surface area contributed by atoms with Gasteiger partial charge in [0.2, 0.25) is 0 Å². The summed E-state index contributed by atoms with van der Waals surface area (Å²) < 4.78 is 1.68. The SMILES string of the molecule is NCc1n[nH]c(=O)n1C1CCC1. The van der Waals surface area contributed by atoms with Crippen molar-refractivity contribution in [3.8, 4) is 0 Å². The normalized spacial score (nSPS) is 17.8. The van der Waals surface area contributed by atoms with Gasteiger partial charge in [-0.3, -0.25) is 4.57 Å². The summed E-state index contributed by atoms with van der Waals surface area (Å²) in [4.78, 5) is 11.2. The van der Waals surface area contributed by atoms with Gasteiger partial charge < -0.3 is 5.73 Å². The summed E-state index contributed by atoms with van der Waals surface area (Å²) >= 11 is 0. The molecule has 3 N–H and O–H groups in total. The molecule has 0 radical (unpaired) electrons. The van der Waals surface area contributed by atoms with Gasteiger partial charge in [0, 0.05) is 6.04 Å². The first-order chi connectivity index (χ1) is 5.83. The second kappa shape index (κ2) is 2.75.